The third-order valence-electron chi connectivity index (χ3n) is 4.92. The average molecular weight is 362 g/mol. The third-order valence-corrected chi connectivity index (χ3v) is 4.92. The Balaban J connectivity index is 0.00000121. The number of carbonyl (C=O) groups excluding carboxylic acids is 1. The summed E-state index contributed by atoms with van der Waals surface area (Å²) in [5.74, 6) is 0.280. The fraction of sp³-hybridized carbons (Fsp3) is 0.389. The number of hydrogen-bond donors (Lipinski definition) is 1. The van der Waals surface area contributed by atoms with Crippen LogP contribution in [0.5, 0.6) is 0 Å². The maximum atomic E-state index is 12.7. The van der Waals surface area contributed by atoms with E-state index >= 15 is 0 Å². The molecule has 0 aliphatic heterocycles. The molecule has 2 aromatic heterocycles. The van der Waals surface area contributed by atoms with Gasteiger partial charge in [0.05, 0.1) is 29.4 Å². The molecule has 0 bridgehead atoms. The molecule has 4 rings (SSSR count). The molecular formula is C18H24ClN5O. The lowest BCUT2D eigenvalue weighted by atomic mass is 9.89. The molecule has 7 heteroatoms. The number of fused-ring (bicyclic) bond motifs is 2. The molecular weight excluding hydrogens is 338 g/mol. The average Bonchev–Trinajstić information content (AvgIpc) is 3.25. The van der Waals surface area contributed by atoms with Crippen molar-refractivity contribution in [3.8, 4) is 0 Å². The number of halogens is 1. The zero-order chi connectivity index (χ0) is 16.5. The van der Waals surface area contributed by atoms with Crippen LogP contribution in [0.1, 0.15) is 19.2 Å². The highest BCUT2D eigenvalue weighted by atomic mass is 35.5. The molecule has 25 heavy (non-hydrogen) atoms. The van der Waals surface area contributed by atoms with E-state index < -0.39 is 0 Å². The number of nitrogens with zero attached hydrogens (tertiary/aromatic N) is 4. The monoisotopic (exact) mass is 361 g/mol. The van der Waals surface area contributed by atoms with E-state index in [2.05, 4.69) is 25.6 Å². The highest BCUT2D eigenvalue weighted by Crippen LogP contribution is 2.24. The number of imidazole rings is 2. The second kappa shape index (κ2) is 7.27. The topological polar surface area (TPSA) is 66.8 Å². The van der Waals surface area contributed by atoms with E-state index in [9.17, 15) is 4.79 Å². The Bertz CT molecular complexity index is 877. The number of H-pyrrole nitrogens is 1. The second-order valence-electron chi connectivity index (χ2n) is 6.45. The zero-order valence-electron chi connectivity index (χ0n) is 14.2. The largest absolute Gasteiger partial charge is 0.348 e. The molecule has 0 saturated carbocycles. The van der Waals surface area contributed by atoms with Gasteiger partial charge in [0, 0.05) is 39.6 Å². The van der Waals surface area contributed by atoms with Gasteiger partial charge in [0.25, 0.3) is 0 Å². The van der Waals surface area contributed by atoms with Crippen LogP contribution in [0, 0.1) is 5.92 Å². The van der Waals surface area contributed by atoms with Crippen molar-refractivity contribution in [1.29, 1.82) is 0 Å². The number of amides is 1. The Kier molecular flexibility index (Phi) is 5.08. The van der Waals surface area contributed by atoms with Gasteiger partial charge in [-0.2, -0.15) is 0 Å². The first-order chi connectivity index (χ1) is 11.7. The summed E-state index contributed by atoms with van der Waals surface area (Å²) in [7, 11) is 1.89. The van der Waals surface area contributed by atoms with Crippen molar-refractivity contribution >= 4 is 29.3 Å². The van der Waals surface area contributed by atoms with Crippen molar-refractivity contribution < 1.29 is 6.22 Å². The minimum atomic E-state index is 0. The number of carbonyl (C=O) groups is 1. The predicted molar refractivity (Wildman–Crippen MR) is 101 cm³/mol. The summed E-state index contributed by atoms with van der Waals surface area (Å²) in [6, 6.07) is 8.07. The predicted octanol–water partition coefficient (Wildman–Crippen LogP) is 2.69. The van der Waals surface area contributed by atoms with E-state index in [1.54, 1.807) is 6.33 Å². The third kappa shape index (κ3) is 3.39. The van der Waals surface area contributed by atoms with Crippen LogP contribution in [-0.2, 0) is 24.2 Å². The Morgan fingerprint density at radius 1 is 1.40 bits per heavy atom. The summed E-state index contributed by atoms with van der Waals surface area (Å²) in [6.45, 7) is 1.44. The quantitative estimate of drug-likeness (QED) is 0.776. The normalized spacial score (nSPS) is 16.3. The maximum Gasteiger partial charge on any atom is 0.225 e. The van der Waals surface area contributed by atoms with Gasteiger partial charge in [0.2, 0.25) is 5.91 Å². The first-order valence-electron chi connectivity index (χ1n) is 8.38. The van der Waals surface area contributed by atoms with Crippen LogP contribution in [0.3, 0.4) is 0 Å². The fourth-order valence-corrected chi connectivity index (χ4v) is 3.48. The zero-order valence-corrected chi connectivity index (χ0v) is 15.0. The van der Waals surface area contributed by atoms with Gasteiger partial charge in [-0.15, -0.1) is 12.4 Å². The van der Waals surface area contributed by atoms with Gasteiger partial charge in [0.15, 0.2) is 0 Å². The SMILES string of the molecule is CN(CCn1cnc2ccccc21)C(=O)C1CCc2nc[nH]c2C1.Cl.[HH]. The van der Waals surface area contributed by atoms with Crippen molar-refractivity contribution in [1.82, 2.24) is 24.4 Å². The first kappa shape index (κ1) is 17.5. The Labute approximate surface area is 154 Å². The molecule has 0 radical (unpaired) electrons. The van der Waals surface area contributed by atoms with Gasteiger partial charge < -0.3 is 14.5 Å². The molecule has 1 atom stereocenters. The molecule has 0 spiro atoms. The number of nitrogens with one attached hydrogen (secondary N) is 1. The number of aryl methyl sites for hydroxylation is 1. The van der Waals surface area contributed by atoms with Gasteiger partial charge in [-0.1, -0.05) is 12.1 Å². The number of aromatic amines is 1. The molecule has 0 saturated heterocycles. The number of benzene rings is 1. The van der Waals surface area contributed by atoms with Crippen LogP contribution >= 0.6 is 12.4 Å². The van der Waals surface area contributed by atoms with Crippen LogP contribution in [0.15, 0.2) is 36.9 Å². The second-order valence-corrected chi connectivity index (χ2v) is 6.45. The lowest BCUT2D eigenvalue weighted by Gasteiger charge is -2.26. The first-order valence-corrected chi connectivity index (χ1v) is 8.38. The Morgan fingerprint density at radius 2 is 2.24 bits per heavy atom. The number of para-hydroxylation sites is 2. The molecule has 1 aliphatic carbocycles. The van der Waals surface area contributed by atoms with E-state index in [1.165, 1.54) is 0 Å². The molecule has 1 N–H and O–H groups in total. The number of hydrogen-bond acceptors (Lipinski definition) is 3. The molecule has 6 nitrogen and oxygen atoms in total. The molecule has 3 aromatic rings. The van der Waals surface area contributed by atoms with Gasteiger partial charge in [-0.25, -0.2) is 9.97 Å². The highest BCUT2D eigenvalue weighted by Gasteiger charge is 2.28. The maximum absolute atomic E-state index is 12.7. The van der Waals surface area contributed by atoms with Crippen molar-refractivity contribution in [3.05, 3.63) is 48.3 Å². The van der Waals surface area contributed by atoms with Gasteiger partial charge in [-0.3, -0.25) is 4.79 Å². The molecule has 1 aliphatic rings. The Hall–Kier alpha value is -2.34. The summed E-state index contributed by atoms with van der Waals surface area (Å²) < 4.78 is 2.10. The number of rotatable bonds is 4. The minimum absolute atomic E-state index is 0. The van der Waals surface area contributed by atoms with E-state index in [0.29, 0.717) is 6.54 Å². The van der Waals surface area contributed by atoms with E-state index in [0.717, 1.165) is 48.2 Å². The lowest BCUT2D eigenvalue weighted by molar-refractivity contribution is -0.134. The minimum Gasteiger partial charge on any atom is -0.348 e. The van der Waals surface area contributed by atoms with Crippen LogP contribution in [0.2, 0.25) is 0 Å². The molecule has 0 fully saturated rings. The fourth-order valence-electron chi connectivity index (χ4n) is 3.48. The van der Waals surface area contributed by atoms with E-state index in [1.807, 2.05) is 36.5 Å². The van der Waals surface area contributed by atoms with Crippen LogP contribution < -0.4 is 0 Å². The molecule has 1 aromatic carbocycles. The summed E-state index contributed by atoms with van der Waals surface area (Å²) in [4.78, 5) is 26.4. The van der Waals surface area contributed by atoms with Crippen molar-refractivity contribution in [2.75, 3.05) is 13.6 Å². The molecule has 134 valence electrons. The summed E-state index contributed by atoms with van der Waals surface area (Å²) in [5.41, 5.74) is 4.34. The van der Waals surface area contributed by atoms with Crippen LogP contribution in [0.4, 0.5) is 0 Å². The van der Waals surface area contributed by atoms with Crippen LogP contribution in [-0.4, -0.2) is 43.9 Å². The van der Waals surface area contributed by atoms with E-state index in [4.69, 9.17) is 0 Å². The summed E-state index contributed by atoms with van der Waals surface area (Å²) in [5, 5.41) is 0. The Morgan fingerprint density at radius 3 is 3.12 bits per heavy atom. The summed E-state index contributed by atoms with van der Waals surface area (Å²) in [6.07, 6.45) is 6.11. The lowest BCUT2D eigenvalue weighted by Crippen LogP contribution is -2.37. The van der Waals surface area contributed by atoms with Gasteiger partial charge in [-0.05, 0) is 25.0 Å². The van der Waals surface area contributed by atoms with Gasteiger partial charge in [0.1, 0.15) is 0 Å². The van der Waals surface area contributed by atoms with Crippen LogP contribution in [0.25, 0.3) is 11.0 Å². The highest BCUT2D eigenvalue weighted by molar-refractivity contribution is 5.85. The number of likely N-dealkylation sites (N-methyl/N-ethyl adjacent to an activating group) is 1. The van der Waals surface area contributed by atoms with Gasteiger partial charge >= 0.3 is 0 Å². The smallest absolute Gasteiger partial charge is 0.225 e. The van der Waals surface area contributed by atoms with E-state index in [-0.39, 0.29) is 25.7 Å². The molecule has 2 heterocycles. The standard InChI is InChI=1S/C18H21N5O.ClH.H2/c1-22(8-9-23-12-21-15-4-2-3-5-17(15)23)18(24)13-6-7-14-16(10-13)20-11-19-14;;/h2-5,11-13H,6-10H2,1H3,(H,19,20);2*1H. The molecule has 1 amide bonds. The van der Waals surface area contributed by atoms with Crippen molar-refractivity contribution in [2.24, 2.45) is 5.92 Å². The summed E-state index contributed by atoms with van der Waals surface area (Å²) >= 11 is 0. The van der Waals surface area contributed by atoms with Crippen molar-refractivity contribution in [3.63, 3.8) is 0 Å². The van der Waals surface area contributed by atoms with Crippen molar-refractivity contribution in [2.45, 2.75) is 25.8 Å². The number of aromatic nitrogens is 4. The molecule has 1 unspecified atom stereocenters.